The number of carbonyl (C=O) groups is 1. The van der Waals surface area contributed by atoms with Crippen molar-refractivity contribution in [2.75, 3.05) is 26.2 Å². The van der Waals surface area contributed by atoms with Gasteiger partial charge in [0.15, 0.2) is 5.82 Å². The largest absolute Gasteiger partial charge is 0.353 e. The van der Waals surface area contributed by atoms with Crippen molar-refractivity contribution >= 4 is 5.91 Å². The van der Waals surface area contributed by atoms with Gasteiger partial charge < -0.3 is 10.2 Å². The van der Waals surface area contributed by atoms with Crippen molar-refractivity contribution in [3.8, 4) is 11.4 Å². The van der Waals surface area contributed by atoms with Crippen molar-refractivity contribution < 1.29 is 4.79 Å². The SMILES string of the molecule is CCN(CC)CCNC(=O)C1CCCCc2nnc(-c3ccccc3)n21. The molecule has 0 spiro atoms. The molecular weight excluding hydrogens is 326 g/mol. The molecule has 26 heavy (non-hydrogen) atoms. The number of rotatable bonds is 7. The van der Waals surface area contributed by atoms with Crippen LogP contribution in [-0.4, -0.2) is 51.8 Å². The van der Waals surface area contributed by atoms with Gasteiger partial charge in [0.2, 0.25) is 5.91 Å². The lowest BCUT2D eigenvalue weighted by Gasteiger charge is -2.22. The molecule has 1 aromatic heterocycles. The number of benzene rings is 1. The van der Waals surface area contributed by atoms with Gasteiger partial charge in [-0.1, -0.05) is 50.6 Å². The predicted molar refractivity (Wildman–Crippen MR) is 103 cm³/mol. The third kappa shape index (κ3) is 4.12. The first-order valence-electron chi connectivity index (χ1n) is 9.73. The predicted octanol–water partition coefficient (Wildman–Crippen LogP) is 2.67. The highest BCUT2D eigenvalue weighted by molar-refractivity contribution is 5.81. The maximum absolute atomic E-state index is 12.9. The number of nitrogens with one attached hydrogen (secondary N) is 1. The average Bonchev–Trinajstić information content (AvgIpc) is 2.98. The second kappa shape index (κ2) is 8.94. The molecule has 1 aliphatic heterocycles. The number of nitrogens with zero attached hydrogens (tertiary/aromatic N) is 4. The van der Waals surface area contributed by atoms with Gasteiger partial charge in [0.05, 0.1) is 0 Å². The lowest BCUT2D eigenvalue weighted by Crippen LogP contribution is -2.38. The smallest absolute Gasteiger partial charge is 0.243 e. The Balaban J connectivity index is 1.79. The van der Waals surface area contributed by atoms with Gasteiger partial charge in [0.25, 0.3) is 0 Å². The third-order valence-corrected chi connectivity index (χ3v) is 5.16. The Hall–Kier alpha value is -2.21. The first-order valence-corrected chi connectivity index (χ1v) is 9.73. The Morgan fingerprint density at radius 1 is 1.19 bits per heavy atom. The molecule has 1 amide bonds. The molecule has 0 saturated carbocycles. The van der Waals surface area contributed by atoms with Crippen LogP contribution in [0, 0.1) is 0 Å². The van der Waals surface area contributed by atoms with E-state index < -0.39 is 0 Å². The highest BCUT2D eigenvalue weighted by Crippen LogP contribution is 2.29. The van der Waals surface area contributed by atoms with Gasteiger partial charge >= 0.3 is 0 Å². The minimum atomic E-state index is -0.227. The molecule has 2 heterocycles. The lowest BCUT2D eigenvalue weighted by atomic mass is 10.1. The van der Waals surface area contributed by atoms with E-state index in [1.165, 1.54) is 0 Å². The number of amides is 1. The molecule has 3 rings (SSSR count). The molecule has 1 unspecified atom stereocenters. The monoisotopic (exact) mass is 355 g/mol. The number of aryl methyl sites for hydroxylation is 1. The summed E-state index contributed by atoms with van der Waals surface area (Å²) < 4.78 is 2.06. The summed E-state index contributed by atoms with van der Waals surface area (Å²) in [5.74, 6) is 1.80. The van der Waals surface area contributed by atoms with Gasteiger partial charge in [-0.3, -0.25) is 9.36 Å². The second-order valence-electron chi connectivity index (χ2n) is 6.76. The van der Waals surface area contributed by atoms with E-state index in [9.17, 15) is 4.79 Å². The Kier molecular flexibility index (Phi) is 6.39. The zero-order valence-electron chi connectivity index (χ0n) is 15.8. The van der Waals surface area contributed by atoms with Crippen molar-refractivity contribution in [2.24, 2.45) is 0 Å². The highest BCUT2D eigenvalue weighted by atomic mass is 16.2. The summed E-state index contributed by atoms with van der Waals surface area (Å²) in [5, 5.41) is 11.9. The lowest BCUT2D eigenvalue weighted by molar-refractivity contribution is -0.124. The molecule has 6 heteroatoms. The Morgan fingerprint density at radius 3 is 2.69 bits per heavy atom. The summed E-state index contributed by atoms with van der Waals surface area (Å²) in [7, 11) is 0. The third-order valence-electron chi connectivity index (χ3n) is 5.16. The van der Waals surface area contributed by atoms with Crippen LogP contribution in [0.1, 0.15) is 45.0 Å². The van der Waals surface area contributed by atoms with Crippen LogP contribution in [0.15, 0.2) is 30.3 Å². The van der Waals surface area contributed by atoms with E-state index in [0.717, 1.165) is 62.5 Å². The minimum absolute atomic E-state index is 0.0808. The standard InChI is InChI=1S/C20H29N5O/c1-3-24(4-2)15-14-21-20(26)17-12-8-9-13-18-22-23-19(25(17)18)16-10-6-5-7-11-16/h5-7,10-11,17H,3-4,8-9,12-15H2,1-2H3,(H,21,26). The normalized spacial score (nSPS) is 17.0. The van der Waals surface area contributed by atoms with E-state index in [1.807, 2.05) is 30.3 Å². The van der Waals surface area contributed by atoms with Crippen LogP contribution >= 0.6 is 0 Å². The first kappa shape index (κ1) is 18.6. The van der Waals surface area contributed by atoms with Gasteiger partial charge in [0.1, 0.15) is 11.9 Å². The topological polar surface area (TPSA) is 63.1 Å². The van der Waals surface area contributed by atoms with E-state index in [-0.39, 0.29) is 11.9 Å². The van der Waals surface area contributed by atoms with E-state index in [0.29, 0.717) is 6.54 Å². The number of hydrogen-bond acceptors (Lipinski definition) is 4. The second-order valence-corrected chi connectivity index (χ2v) is 6.76. The summed E-state index contributed by atoms with van der Waals surface area (Å²) in [5.41, 5.74) is 1.01. The Morgan fingerprint density at radius 2 is 1.96 bits per heavy atom. The van der Waals surface area contributed by atoms with Gasteiger partial charge in [-0.2, -0.15) is 0 Å². The molecule has 0 aliphatic carbocycles. The van der Waals surface area contributed by atoms with Crippen LogP contribution in [0.3, 0.4) is 0 Å². The summed E-state index contributed by atoms with van der Waals surface area (Å²) in [6, 6.07) is 9.80. The molecular formula is C20H29N5O. The van der Waals surface area contributed by atoms with Crippen molar-refractivity contribution in [1.29, 1.82) is 0 Å². The Labute approximate surface area is 155 Å². The summed E-state index contributed by atoms with van der Waals surface area (Å²) >= 11 is 0. The zero-order chi connectivity index (χ0) is 18.4. The number of carbonyl (C=O) groups excluding carboxylic acids is 1. The van der Waals surface area contributed by atoms with Crippen LogP contribution in [0.4, 0.5) is 0 Å². The molecule has 2 aromatic rings. The number of hydrogen-bond donors (Lipinski definition) is 1. The minimum Gasteiger partial charge on any atom is -0.353 e. The van der Waals surface area contributed by atoms with Gasteiger partial charge in [-0.25, -0.2) is 0 Å². The van der Waals surface area contributed by atoms with E-state index >= 15 is 0 Å². The summed E-state index contributed by atoms with van der Waals surface area (Å²) in [6.07, 6.45) is 3.80. The van der Waals surface area contributed by atoms with E-state index in [2.05, 4.69) is 38.8 Å². The van der Waals surface area contributed by atoms with Crippen molar-refractivity contribution in [3.05, 3.63) is 36.2 Å². The summed E-state index contributed by atoms with van der Waals surface area (Å²) in [6.45, 7) is 7.85. The Bertz CT molecular complexity index is 708. The van der Waals surface area contributed by atoms with Crippen LogP contribution in [0.25, 0.3) is 11.4 Å². The first-order chi connectivity index (χ1) is 12.7. The molecule has 6 nitrogen and oxygen atoms in total. The van der Waals surface area contributed by atoms with Crippen molar-refractivity contribution in [2.45, 2.75) is 45.6 Å². The molecule has 0 fully saturated rings. The zero-order valence-corrected chi connectivity index (χ0v) is 15.8. The fourth-order valence-corrected chi connectivity index (χ4v) is 3.60. The summed E-state index contributed by atoms with van der Waals surface area (Å²) in [4.78, 5) is 15.3. The van der Waals surface area contributed by atoms with Crippen LogP contribution in [-0.2, 0) is 11.2 Å². The molecule has 0 bridgehead atoms. The molecule has 0 saturated heterocycles. The molecule has 1 aliphatic rings. The van der Waals surface area contributed by atoms with Gasteiger partial charge in [-0.05, 0) is 25.9 Å². The van der Waals surface area contributed by atoms with Gasteiger partial charge in [-0.15, -0.1) is 10.2 Å². The average molecular weight is 355 g/mol. The fraction of sp³-hybridized carbons (Fsp3) is 0.550. The maximum atomic E-state index is 12.9. The van der Waals surface area contributed by atoms with E-state index in [1.54, 1.807) is 0 Å². The number of aromatic nitrogens is 3. The fourth-order valence-electron chi connectivity index (χ4n) is 3.60. The maximum Gasteiger partial charge on any atom is 0.243 e. The van der Waals surface area contributed by atoms with Gasteiger partial charge in [0, 0.05) is 25.1 Å². The molecule has 1 aromatic carbocycles. The molecule has 0 radical (unpaired) electrons. The molecule has 1 N–H and O–H groups in total. The highest BCUT2D eigenvalue weighted by Gasteiger charge is 2.28. The van der Waals surface area contributed by atoms with Crippen LogP contribution in [0.2, 0.25) is 0 Å². The van der Waals surface area contributed by atoms with Crippen molar-refractivity contribution in [3.63, 3.8) is 0 Å². The van der Waals surface area contributed by atoms with Crippen molar-refractivity contribution in [1.82, 2.24) is 25.0 Å². The quantitative estimate of drug-likeness (QED) is 0.829. The van der Waals surface area contributed by atoms with Crippen LogP contribution < -0.4 is 5.32 Å². The molecule has 140 valence electrons. The van der Waals surface area contributed by atoms with E-state index in [4.69, 9.17) is 0 Å². The molecule has 1 atom stereocenters. The number of fused-ring (bicyclic) bond motifs is 1. The van der Waals surface area contributed by atoms with Crippen LogP contribution in [0.5, 0.6) is 0 Å². The number of likely N-dealkylation sites (N-methyl/N-ethyl adjacent to an activating group) is 1.